The maximum absolute atomic E-state index is 12.6. The Bertz CT molecular complexity index is 766. The van der Waals surface area contributed by atoms with E-state index in [1.54, 1.807) is 24.1 Å². The van der Waals surface area contributed by atoms with Gasteiger partial charge in [-0.3, -0.25) is 9.59 Å². The first-order valence-electron chi connectivity index (χ1n) is 6.96. The van der Waals surface area contributed by atoms with E-state index in [9.17, 15) is 9.59 Å². The molecule has 1 aliphatic heterocycles. The molecule has 3 heterocycles. The zero-order chi connectivity index (χ0) is 15.9. The molecule has 22 heavy (non-hydrogen) atoms. The van der Waals surface area contributed by atoms with Crippen molar-refractivity contribution in [1.29, 1.82) is 0 Å². The molecule has 0 bridgehead atoms. The third kappa shape index (κ3) is 2.45. The normalized spacial score (nSPS) is 13.8. The molecule has 0 spiro atoms. The SMILES string of the molecule is Cc1cc(C(=O)N2CCc3cnc(C(N)=O)nc3C2)c(C)o1. The van der Waals surface area contributed by atoms with E-state index in [1.807, 2.05) is 6.92 Å². The van der Waals surface area contributed by atoms with Crippen molar-refractivity contribution in [3.8, 4) is 0 Å². The van der Waals surface area contributed by atoms with Gasteiger partial charge < -0.3 is 15.1 Å². The third-order valence-electron chi connectivity index (χ3n) is 3.72. The monoisotopic (exact) mass is 300 g/mol. The van der Waals surface area contributed by atoms with Crippen molar-refractivity contribution in [3.63, 3.8) is 0 Å². The van der Waals surface area contributed by atoms with Crippen molar-refractivity contribution in [2.24, 2.45) is 5.73 Å². The number of furan rings is 1. The fourth-order valence-corrected chi connectivity index (χ4v) is 2.61. The summed E-state index contributed by atoms with van der Waals surface area (Å²) in [4.78, 5) is 33.6. The first kappa shape index (κ1) is 14.2. The third-order valence-corrected chi connectivity index (χ3v) is 3.72. The highest BCUT2D eigenvalue weighted by Crippen LogP contribution is 2.21. The summed E-state index contributed by atoms with van der Waals surface area (Å²) in [5.41, 5.74) is 7.37. The maximum atomic E-state index is 12.6. The molecule has 0 unspecified atom stereocenters. The van der Waals surface area contributed by atoms with E-state index in [4.69, 9.17) is 10.2 Å². The number of amides is 2. The van der Waals surface area contributed by atoms with E-state index in [2.05, 4.69) is 9.97 Å². The van der Waals surface area contributed by atoms with E-state index in [0.717, 1.165) is 5.56 Å². The van der Waals surface area contributed by atoms with Crippen LogP contribution in [0.25, 0.3) is 0 Å². The van der Waals surface area contributed by atoms with E-state index in [-0.39, 0.29) is 11.7 Å². The zero-order valence-electron chi connectivity index (χ0n) is 12.4. The second-order valence-corrected chi connectivity index (χ2v) is 5.33. The number of rotatable bonds is 2. The van der Waals surface area contributed by atoms with Gasteiger partial charge in [0.05, 0.1) is 17.8 Å². The molecule has 2 amide bonds. The Morgan fingerprint density at radius 1 is 1.36 bits per heavy atom. The summed E-state index contributed by atoms with van der Waals surface area (Å²) in [5, 5.41) is 0. The zero-order valence-corrected chi connectivity index (χ0v) is 12.4. The van der Waals surface area contributed by atoms with Crippen molar-refractivity contribution >= 4 is 11.8 Å². The minimum absolute atomic E-state index is 0.0246. The predicted molar refractivity (Wildman–Crippen MR) is 77.2 cm³/mol. The molecule has 0 fully saturated rings. The Morgan fingerprint density at radius 2 is 2.14 bits per heavy atom. The predicted octanol–water partition coefficient (Wildman–Crippen LogP) is 0.984. The number of primary amides is 1. The summed E-state index contributed by atoms with van der Waals surface area (Å²) in [7, 11) is 0. The number of carbonyl (C=O) groups is 2. The van der Waals surface area contributed by atoms with Crippen molar-refractivity contribution in [3.05, 3.63) is 46.4 Å². The van der Waals surface area contributed by atoms with Crippen LogP contribution < -0.4 is 5.73 Å². The topological polar surface area (TPSA) is 102 Å². The Morgan fingerprint density at radius 3 is 2.77 bits per heavy atom. The minimum atomic E-state index is -0.674. The molecule has 114 valence electrons. The molecule has 0 saturated heterocycles. The number of nitrogens with two attached hydrogens (primary N) is 1. The van der Waals surface area contributed by atoms with Gasteiger partial charge in [0.15, 0.2) is 0 Å². The molecule has 7 heteroatoms. The van der Waals surface area contributed by atoms with Crippen LogP contribution in [-0.2, 0) is 13.0 Å². The Kier molecular flexibility index (Phi) is 3.40. The molecule has 1 aliphatic rings. The van der Waals surface area contributed by atoms with Crippen LogP contribution >= 0.6 is 0 Å². The van der Waals surface area contributed by atoms with Crippen LogP contribution in [-0.4, -0.2) is 33.2 Å². The lowest BCUT2D eigenvalue weighted by molar-refractivity contribution is 0.0730. The van der Waals surface area contributed by atoms with Gasteiger partial charge in [0.25, 0.3) is 11.8 Å². The number of hydrogen-bond acceptors (Lipinski definition) is 5. The fourth-order valence-electron chi connectivity index (χ4n) is 2.61. The van der Waals surface area contributed by atoms with Crippen molar-refractivity contribution in [2.45, 2.75) is 26.8 Å². The highest BCUT2D eigenvalue weighted by atomic mass is 16.3. The summed E-state index contributed by atoms with van der Waals surface area (Å²) in [6.45, 7) is 4.49. The average Bonchev–Trinajstić information content (AvgIpc) is 2.84. The van der Waals surface area contributed by atoms with Gasteiger partial charge in [0.2, 0.25) is 5.82 Å². The second-order valence-electron chi connectivity index (χ2n) is 5.33. The number of aryl methyl sites for hydroxylation is 2. The molecule has 0 saturated carbocycles. The summed E-state index contributed by atoms with van der Waals surface area (Å²) in [6, 6.07) is 1.74. The smallest absolute Gasteiger partial charge is 0.286 e. The Hall–Kier alpha value is -2.70. The summed E-state index contributed by atoms with van der Waals surface area (Å²) in [5.74, 6) is 0.514. The van der Waals surface area contributed by atoms with Crippen molar-refractivity contribution < 1.29 is 14.0 Å². The number of nitrogens with zero attached hydrogens (tertiary/aromatic N) is 3. The molecule has 0 radical (unpaired) electrons. The highest BCUT2D eigenvalue weighted by molar-refractivity contribution is 5.95. The van der Waals surface area contributed by atoms with Crippen molar-refractivity contribution in [1.82, 2.24) is 14.9 Å². The second kappa shape index (κ2) is 5.25. The van der Waals surface area contributed by atoms with Crippen LogP contribution in [0.5, 0.6) is 0 Å². The Balaban J connectivity index is 1.87. The average molecular weight is 300 g/mol. The van der Waals surface area contributed by atoms with Crippen LogP contribution in [0.4, 0.5) is 0 Å². The van der Waals surface area contributed by atoms with E-state index >= 15 is 0 Å². The minimum Gasteiger partial charge on any atom is -0.466 e. The number of hydrogen-bond donors (Lipinski definition) is 1. The lowest BCUT2D eigenvalue weighted by Gasteiger charge is -2.27. The molecule has 0 aliphatic carbocycles. The van der Waals surface area contributed by atoms with E-state index < -0.39 is 5.91 Å². The number of carbonyl (C=O) groups excluding carboxylic acids is 2. The van der Waals surface area contributed by atoms with Gasteiger partial charge in [-0.1, -0.05) is 0 Å². The lowest BCUT2D eigenvalue weighted by Crippen LogP contribution is -2.37. The number of fused-ring (bicyclic) bond motifs is 1. The molecule has 0 atom stereocenters. The van der Waals surface area contributed by atoms with Gasteiger partial charge in [-0.25, -0.2) is 9.97 Å². The molecule has 3 rings (SSSR count). The van der Waals surface area contributed by atoms with Gasteiger partial charge in [-0.2, -0.15) is 0 Å². The molecular formula is C15H16N4O3. The first-order chi connectivity index (χ1) is 10.5. The molecule has 2 N–H and O–H groups in total. The Labute approximate surface area is 127 Å². The van der Waals surface area contributed by atoms with E-state index in [1.165, 1.54) is 0 Å². The van der Waals surface area contributed by atoms with Crippen molar-refractivity contribution in [2.75, 3.05) is 6.54 Å². The molecule has 0 aromatic carbocycles. The van der Waals surface area contributed by atoms with Crippen LogP contribution in [0.2, 0.25) is 0 Å². The van der Waals surface area contributed by atoms with Gasteiger partial charge in [-0.15, -0.1) is 0 Å². The molecular weight excluding hydrogens is 284 g/mol. The summed E-state index contributed by atoms with van der Waals surface area (Å²) < 4.78 is 5.41. The maximum Gasteiger partial charge on any atom is 0.286 e. The summed E-state index contributed by atoms with van der Waals surface area (Å²) >= 11 is 0. The van der Waals surface area contributed by atoms with Gasteiger partial charge >= 0.3 is 0 Å². The molecule has 7 nitrogen and oxygen atoms in total. The van der Waals surface area contributed by atoms with Crippen LogP contribution in [0.1, 0.15) is 43.8 Å². The quantitative estimate of drug-likeness (QED) is 0.890. The first-order valence-corrected chi connectivity index (χ1v) is 6.96. The molecule has 2 aromatic heterocycles. The standard InChI is InChI=1S/C15H16N4O3/c1-8-5-11(9(2)22-8)15(21)19-4-3-10-6-17-14(13(16)20)18-12(10)7-19/h5-6H,3-4,7H2,1-2H3,(H2,16,20). The fraction of sp³-hybridized carbons (Fsp3) is 0.333. The van der Waals surface area contributed by atoms with Gasteiger partial charge in [0, 0.05) is 12.7 Å². The largest absolute Gasteiger partial charge is 0.466 e. The summed E-state index contributed by atoms with van der Waals surface area (Å²) in [6.07, 6.45) is 2.26. The highest BCUT2D eigenvalue weighted by Gasteiger charge is 2.26. The van der Waals surface area contributed by atoms with Crippen LogP contribution in [0, 0.1) is 13.8 Å². The molecule has 2 aromatic rings. The van der Waals surface area contributed by atoms with Gasteiger partial charge in [-0.05, 0) is 31.9 Å². The lowest BCUT2D eigenvalue weighted by atomic mass is 10.1. The van der Waals surface area contributed by atoms with Crippen LogP contribution in [0.3, 0.4) is 0 Å². The van der Waals surface area contributed by atoms with Gasteiger partial charge in [0.1, 0.15) is 11.5 Å². The number of aromatic nitrogens is 2. The van der Waals surface area contributed by atoms with E-state index in [0.29, 0.717) is 42.3 Å². The van der Waals surface area contributed by atoms with Crippen LogP contribution in [0.15, 0.2) is 16.7 Å².